The van der Waals surface area contributed by atoms with Crippen LogP contribution in [0.3, 0.4) is 0 Å². The standard InChI is InChI=1S/C18H21N3O4/c1-12-7-8-19-21(12)11-17(22)20-9-14(15(10-20)18(23)24)13-5-3-4-6-16(13)25-2/h3-8,14-15H,9-11H2,1-2H3,(H,23,24)/t14-,15+/m1/s1. The molecule has 1 saturated heterocycles. The summed E-state index contributed by atoms with van der Waals surface area (Å²) >= 11 is 0. The number of aromatic nitrogens is 2. The van der Waals surface area contributed by atoms with Gasteiger partial charge in [-0.2, -0.15) is 5.10 Å². The average molecular weight is 343 g/mol. The molecule has 7 heteroatoms. The predicted octanol–water partition coefficient (Wildman–Crippen LogP) is 1.53. The van der Waals surface area contributed by atoms with Crippen molar-refractivity contribution in [3.63, 3.8) is 0 Å². The molecule has 0 unspecified atom stereocenters. The van der Waals surface area contributed by atoms with Crippen LogP contribution in [0.5, 0.6) is 5.75 Å². The van der Waals surface area contributed by atoms with Gasteiger partial charge in [-0.1, -0.05) is 18.2 Å². The molecule has 1 amide bonds. The second-order valence-corrected chi connectivity index (χ2v) is 6.22. The highest BCUT2D eigenvalue weighted by atomic mass is 16.5. The number of ether oxygens (including phenoxy) is 1. The molecule has 2 heterocycles. The lowest BCUT2D eigenvalue weighted by atomic mass is 9.88. The summed E-state index contributed by atoms with van der Waals surface area (Å²) in [4.78, 5) is 25.9. The minimum atomic E-state index is -0.901. The Bertz CT molecular complexity index is 786. The molecule has 1 aliphatic heterocycles. The van der Waals surface area contributed by atoms with Crippen molar-refractivity contribution in [1.29, 1.82) is 0 Å². The molecule has 2 aromatic rings. The first-order chi connectivity index (χ1) is 12.0. The smallest absolute Gasteiger partial charge is 0.308 e. The summed E-state index contributed by atoms with van der Waals surface area (Å²) in [5, 5.41) is 13.7. The van der Waals surface area contributed by atoms with E-state index < -0.39 is 11.9 Å². The number of aliphatic carboxylic acids is 1. The summed E-state index contributed by atoms with van der Waals surface area (Å²) in [6.07, 6.45) is 1.64. The van der Waals surface area contributed by atoms with Crippen molar-refractivity contribution in [3.05, 3.63) is 47.8 Å². The van der Waals surface area contributed by atoms with E-state index in [1.165, 1.54) is 0 Å². The zero-order valence-corrected chi connectivity index (χ0v) is 14.3. The van der Waals surface area contributed by atoms with Crippen molar-refractivity contribution in [3.8, 4) is 5.75 Å². The Kier molecular flexibility index (Phi) is 4.74. The first-order valence-corrected chi connectivity index (χ1v) is 8.13. The number of hydrogen-bond acceptors (Lipinski definition) is 4. The fourth-order valence-corrected chi connectivity index (χ4v) is 3.34. The first-order valence-electron chi connectivity index (χ1n) is 8.13. The van der Waals surface area contributed by atoms with Crippen molar-refractivity contribution in [2.75, 3.05) is 20.2 Å². The van der Waals surface area contributed by atoms with E-state index in [-0.39, 0.29) is 24.9 Å². The number of aryl methyl sites for hydroxylation is 1. The van der Waals surface area contributed by atoms with Crippen molar-refractivity contribution >= 4 is 11.9 Å². The van der Waals surface area contributed by atoms with E-state index in [1.807, 2.05) is 37.3 Å². The summed E-state index contributed by atoms with van der Waals surface area (Å²) in [5.41, 5.74) is 1.71. The molecule has 0 aliphatic carbocycles. The molecule has 1 N–H and O–H groups in total. The SMILES string of the molecule is COc1ccccc1[C@H]1CN(C(=O)Cn2nccc2C)C[C@@H]1C(=O)O. The van der Waals surface area contributed by atoms with Crippen LogP contribution in [-0.4, -0.2) is 51.9 Å². The van der Waals surface area contributed by atoms with Gasteiger partial charge >= 0.3 is 5.97 Å². The number of methoxy groups -OCH3 is 1. The Morgan fingerprint density at radius 2 is 2.04 bits per heavy atom. The lowest BCUT2D eigenvalue weighted by Crippen LogP contribution is -2.33. The zero-order chi connectivity index (χ0) is 18.0. The third-order valence-corrected chi connectivity index (χ3v) is 4.74. The van der Waals surface area contributed by atoms with Crippen LogP contribution in [0, 0.1) is 12.8 Å². The van der Waals surface area contributed by atoms with E-state index in [2.05, 4.69) is 5.10 Å². The Morgan fingerprint density at radius 3 is 2.68 bits per heavy atom. The molecule has 0 saturated carbocycles. The lowest BCUT2D eigenvalue weighted by Gasteiger charge is -2.18. The lowest BCUT2D eigenvalue weighted by molar-refractivity contribution is -0.141. The van der Waals surface area contributed by atoms with Gasteiger partial charge in [0.2, 0.25) is 5.91 Å². The number of benzene rings is 1. The molecule has 25 heavy (non-hydrogen) atoms. The van der Waals surface area contributed by atoms with Gasteiger partial charge in [-0.15, -0.1) is 0 Å². The van der Waals surface area contributed by atoms with Crippen LogP contribution in [0.25, 0.3) is 0 Å². The molecule has 1 aromatic heterocycles. The van der Waals surface area contributed by atoms with Crippen LogP contribution < -0.4 is 4.74 Å². The number of nitrogens with zero attached hydrogens (tertiary/aromatic N) is 3. The van der Waals surface area contributed by atoms with E-state index in [9.17, 15) is 14.7 Å². The number of carbonyl (C=O) groups excluding carboxylic acids is 1. The van der Waals surface area contributed by atoms with Gasteiger partial charge < -0.3 is 14.7 Å². The van der Waals surface area contributed by atoms with E-state index in [1.54, 1.807) is 22.9 Å². The number of rotatable bonds is 5. The van der Waals surface area contributed by atoms with Gasteiger partial charge in [0, 0.05) is 30.9 Å². The maximum atomic E-state index is 12.6. The number of carboxylic acids is 1. The number of para-hydroxylation sites is 1. The Hall–Kier alpha value is -2.83. The van der Waals surface area contributed by atoms with Gasteiger partial charge in [0.05, 0.1) is 13.0 Å². The Balaban J connectivity index is 1.82. The van der Waals surface area contributed by atoms with Crippen LogP contribution in [0.4, 0.5) is 0 Å². The van der Waals surface area contributed by atoms with Gasteiger partial charge in [0.25, 0.3) is 0 Å². The van der Waals surface area contributed by atoms with Crippen LogP contribution in [0.15, 0.2) is 36.5 Å². The molecule has 1 aromatic carbocycles. The van der Waals surface area contributed by atoms with Crippen LogP contribution in [0.2, 0.25) is 0 Å². The normalized spacial score (nSPS) is 19.8. The molecule has 2 atom stereocenters. The maximum Gasteiger partial charge on any atom is 0.308 e. The molecule has 3 rings (SSSR count). The van der Waals surface area contributed by atoms with Crippen LogP contribution in [-0.2, 0) is 16.1 Å². The Labute approximate surface area is 145 Å². The molecule has 1 fully saturated rings. The molecule has 0 radical (unpaired) electrons. The van der Waals surface area contributed by atoms with E-state index >= 15 is 0 Å². The molecule has 7 nitrogen and oxygen atoms in total. The number of carboxylic acid groups (broad SMARTS) is 1. The number of amides is 1. The molecule has 132 valence electrons. The number of likely N-dealkylation sites (tertiary alicyclic amines) is 1. The first kappa shape index (κ1) is 17.0. The molecule has 0 spiro atoms. The second kappa shape index (κ2) is 6.96. The van der Waals surface area contributed by atoms with Crippen molar-refractivity contribution in [2.45, 2.75) is 19.4 Å². The molecule has 1 aliphatic rings. The number of hydrogen-bond donors (Lipinski definition) is 1. The van der Waals surface area contributed by atoms with Crippen molar-refractivity contribution in [1.82, 2.24) is 14.7 Å². The van der Waals surface area contributed by atoms with Gasteiger partial charge in [-0.25, -0.2) is 0 Å². The minimum absolute atomic E-state index is 0.115. The van der Waals surface area contributed by atoms with E-state index in [4.69, 9.17) is 4.74 Å². The zero-order valence-electron chi connectivity index (χ0n) is 14.3. The monoisotopic (exact) mass is 343 g/mol. The van der Waals surface area contributed by atoms with Crippen LogP contribution >= 0.6 is 0 Å². The van der Waals surface area contributed by atoms with Crippen molar-refractivity contribution < 1.29 is 19.4 Å². The summed E-state index contributed by atoms with van der Waals surface area (Å²) < 4.78 is 6.99. The average Bonchev–Trinajstić information content (AvgIpc) is 3.22. The fraction of sp³-hybridized carbons (Fsp3) is 0.389. The van der Waals surface area contributed by atoms with Gasteiger partial charge in [-0.3, -0.25) is 14.3 Å². The second-order valence-electron chi connectivity index (χ2n) is 6.22. The fourth-order valence-electron chi connectivity index (χ4n) is 3.34. The van der Waals surface area contributed by atoms with Crippen LogP contribution in [0.1, 0.15) is 17.2 Å². The highest BCUT2D eigenvalue weighted by Crippen LogP contribution is 2.37. The molecular formula is C18H21N3O4. The quantitative estimate of drug-likeness (QED) is 0.890. The highest BCUT2D eigenvalue weighted by Gasteiger charge is 2.41. The van der Waals surface area contributed by atoms with E-state index in [0.29, 0.717) is 12.3 Å². The van der Waals surface area contributed by atoms with Gasteiger partial charge in [-0.05, 0) is 24.6 Å². The summed E-state index contributed by atoms with van der Waals surface area (Å²) in [6.45, 7) is 2.54. The predicted molar refractivity (Wildman–Crippen MR) is 90.4 cm³/mol. The van der Waals surface area contributed by atoms with Crippen molar-refractivity contribution in [2.24, 2.45) is 5.92 Å². The van der Waals surface area contributed by atoms with Gasteiger partial charge in [0.15, 0.2) is 0 Å². The molecule has 0 bridgehead atoms. The highest BCUT2D eigenvalue weighted by molar-refractivity contribution is 5.79. The third-order valence-electron chi connectivity index (χ3n) is 4.74. The maximum absolute atomic E-state index is 12.6. The summed E-state index contributed by atoms with van der Waals surface area (Å²) in [7, 11) is 1.56. The van der Waals surface area contributed by atoms with Gasteiger partial charge in [0.1, 0.15) is 12.3 Å². The Morgan fingerprint density at radius 1 is 1.28 bits per heavy atom. The largest absolute Gasteiger partial charge is 0.496 e. The summed E-state index contributed by atoms with van der Waals surface area (Å²) in [6, 6.07) is 9.21. The number of carbonyl (C=O) groups is 2. The topological polar surface area (TPSA) is 84.7 Å². The third kappa shape index (κ3) is 3.35. The summed E-state index contributed by atoms with van der Waals surface area (Å²) in [5.74, 6) is -1.33. The minimum Gasteiger partial charge on any atom is -0.496 e. The molecular weight excluding hydrogens is 322 g/mol. The van der Waals surface area contributed by atoms with E-state index in [0.717, 1.165) is 11.3 Å².